The van der Waals surface area contributed by atoms with Gasteiger partial charge in [-0.15, -0.1) is 24.0 Å². The lowest BCUT2D eigenvalue weighted by atomic mass is 10.1. The van der Waals surface area contributed by atoms with Gasteiger partial charge in [-0.1, -0.05) is 29.8 Å². The molecule has 1 heterocycles. The molecule has 9 heteroatoms. The number of guanidine groups is 1. The summed E-state index contributed by atoms with van der Waals surface area (Å²) in [5, 5.41) is 4.27. The molecule has 0 amide bonds. The monoisotopic (exact) mass is 574 g/mol. The Bertz CT molecular complexity index is 905. The number of hydrogen-bond acceptors (Lipinski definition) is 5. The minimum absolute atomic E-state index is 0. The van der Waals surface area contributed by atoms with Gasteiger partial charge in [-0.25, -0.2) is 0 Å². The van der Waals surface area contributed by atoms with Gasteiger partial charge in [0.1, 0.15) is 0 Å². The molecule has 3 rings (SSSR count). The third-order valence-electron chi connectivity index (χ3n) is 5.45. The van der Waals surface area contributed by atoms with E-state index in [9.17, 15) is 0 Å². The number of nitrogens with one attached hydrogen (secondary N) is 1. The second kappa shape index (κ2) is 12.8. The van der Waals surface area contributed by atoms with Crippen LogP contribution in [0.3, 0.4) is 0 Å². The molecule has 1 saturated heterocycles. The van der Waals surface area contributed by atoms with Crippen molar-refractivity contribution in [1.29, 1.82) is 0 Å². The molecular formula is C23H32ClIN4O3. The third-order valence-corrected chi connectivity index (χ3v) is 5.77. The van der Waals surface area contributed by atoms with Crippen LogP contribution in [0, 0.1) is 0 Å². The second-order valence-electron chi connectivity index (χ2n) is 7.14. The fraction of sp³-hybridized carbons (Fsp3) is 0.435. The molecular weight excluding hydrogens is 543 g/mol. The van der Waals surface area contributed by atoms with Crippen LogP contribution in [0.1, 0.15) is 5.56 Å². The highest BCUT2D eigenvalue weighted by Gasteiger charge is 2.21. The van der Waals surface area contributed by atoms with Gasteiger partial charge in [0.15, 0.2) is 17.5 Å². The Balaban J connectivity index is 0.00000363. The van der Waals surface area contributed by atoms with Crippen LogP contribution < -0.4 is 24.4 Å². The van der Waals surface area contributed by atoms with Crippen LogP contribution in [0.25, 0.3) is 0 Å². The van der Waals surface area contributed by atoms with Crippen molar-refractivity contribution in [3.63, 3.8) is 0 Å². The molecule has 1 aliphatic heterocycles. The molecule has 0 atom stereocenters. The zero-order chi connectivity index (χ0) is 22.2. The van der Waals surface area contributed by atoms with Crippen molar-refractivity contribution < 1.29 is 14.2 Å². The molecule has 0 bridgehead atoms. The quantitative estimate of drug-likeness (QED) is 0.307. The van der Waals surface area contributed by atoms with Crippen molar-refractivity contribution in [3.8, 4) is 17.2 Å². The maximum absolute atomic E-state index is 6.36. The highest BCUT2D eigenvalue weighted by molar-refractivity contribution is 14.0. The number of ether oxygens (including phenoxy) is 3. The van der Waals surface area contributed by atoms with Crippen LogP contribution in [-0.2, 0) is 6.42 Å². The standard InChI is InChI=1S/C23H31ClN4O3.HI/c1-25-23(28-15-13-27(14-16-28)19-8-6-5-7-18(19)24)26-12-11-17-9-10-20(29-2)22(31-4)21(17)30-3;/h5-10H,11-16H2,1-4H3,(H,25,26);1H. The summed E-state index contributed by atoms with van der Waals surface area (Å²) in [7, 11) is 6.70. The lowest BCUT2D eigenvalue weighted by Gasteiger charge is -2.38. The fourth-order valence-electron chi connectivity index (χ4n) is 3.87. The molecule has 32 heavy (non-hydrogen) atoms. The van der Waals surface area contributed by atoms with Crippen LogP contribution in [0.5, 0.6) is 17.2 Å². The SMILES string of the molecule is CN=C(NCCc1ccc(OC)c(OC)c1OC)N1CCN(c2ccccc2Cl)CC1.I. The van der Waals surface area contributed by atoms with E-state index in [0.717, 1.165) is 61.4 Å². The molecule has 7 nitrogen and oxygen atoms in total. The summed E-state index contributed by atoms with van der Waals surface area (Å²) < 4.78 is 16.4. The van der Waals surface area contributed by atoms with Gasteiger partial charge in [0.25, 0.3) is 0 Å². The molecule has 1 fully saturated rings. The maximum atomic E-state index is 6.36. The molecule has 176 valence electrons. The van der Waals surface area contributed by atoms with Gasteiger partial charge < -0.3 is 29.3 Å². The molecule has 0 spiro atoms. The normalized spacial score (nSPS) is 14.0. The van der Waals surface area contributed by atoms with Gasteiger partial charge in [-0.2, -0.15) is 0 Å². The van der Waals surface area contributed by atoms with Gasteiger partial charge in [-0.3, -0.25) is 4.99 Å². The van der Waals surface area contributed by atoms with E-state index in [1.807, 2.05) is 37.4 Å². The summed E-state index contributed by atoms with van der Waals surface area (Å²) in [6, 6.07) is 11.9. The average molecular weight is 575 g/mol. The maximum Gasteiger partial charge on any atom is 0.203 e. The van der Waals surface area contributed by atoms with Crippen LogP contribution in [0.15, 0.2) is 41.4 Å². The lowest BCUT2D eigenvalue weighted by molar-refractivity contribution is 0.322. The molecule has 0 aliphatic carbocycles. The third kappa shape index (κ3) is 6.04. The number of piperazine rings is 1. The zero-order valence-electron chi connectivity index (χ0n) is 19.1. The Morgan fingerprint density at radius 2 is 1.66 bits per heavy atom. The Labute approximate surface area is 212 Å². The van der Waals surface area contributed by atoms with E-state index >= 15 is 0 Å². The molecule has 2 aromatic rings. The number of methoxy groups -OCH3 is 3. The number of para-hydroxylation sites is 1. The molecule has 0 unspecified atom stereocenters. The summed E-state index contributed by atoms with van der Waals surface area (Å²) in [5.41, 5.74) is 2.14. The van der Waals surface area contributed by atoms with E-state index < -0.39 is 0 Å². The van der Waals surface area contributed by atoms with Crippen molar-refractivity contribution >= 4 is 47.2 Å². The fourth-order valence-corrected chi connectivity index (χ4v) is 4.12. The number of benzene rings is 2. The average Bonchev–Trinajstić information content (AvgIpc) is 2.81. The molecule has 1 N–H and O–H groups in total. The summed E-state index contributed by atoms with van der Waals surface area (Å²) in [5.74, 6) is 2.87. The predicted molar refractivity (Wildman–Crippen MR) is 142 cm³/mol. The van der Waals surface area contributed by atoms with Crippen molar-refractivity contribution in [2.75, 3.05) is 66.0 Å². The molecule has 0 aromatic heterocycles. The Kier molecular flexibility index (Phi) is 10.5. The minimum atomic E-state index is 0. The van der Waals surface area contributed by atoms with Crippen LogP contribution in [-0.4, -0.2) is 72.0 Å². The van der Waals surface area contributed by atoms with Crippen molar-refractivity contribution in [1.82, 2.24) is 10.2 Å². The van der Waals surface area contributed by atoms with Crippen LogP contribution in [0.4, 0.5) is 5.69 Å². The Morgan fingerprint density at radius 3 is 2.25 bits per heavy atom. The number of hydrogen-bond donors (Lipinski definition) is 1. The predicted octanol–water partition coefficient (Wildman–Crippen LogP) is 3.92. The Morgan fingerprint density at radius 1 is 0.969 bits per heavy atom. The first-order valence-electron chi connectivity index (χ1n) is 10.4. The number of rotatable bonds is 7. The number of anilines is 1. The molecule has 0 saturated carbocycles. The van der Waals surface area contributed by atoms with Gasteiger partial charge in [0.05, 0.1) is 32.0 Å². The largest absolute Gasteiger partial charge is 0.493 e. The second-order valence-corrected chi connectivity index (χ2v) is 7.55. The minimum Gasteiger partial charge on any atom is -0.493 e. The van der Waals surface area contributed by atoms with Gasteiger partial charge in [0.2, 0.25) is 5.75 Å². The van der Waals surface area contributed by atoms with Crippen molar-refractivity contribution in [2.24, 2.45) is 4.99 Å². The van der Waals surface area contributed by atoms with Crippen LogP contribution in [0.2, 0.25) is 5.02 Å². The van der Waals surface area contributed by atoms with E-state index in [2.05, 4.69) is 26.2 Å². The Hall–Kier alpha value is -2.07. The van der Waals surface area contributed by atoms with Crippen molar-refractivity contribution in [2.45, 2.75) is 6.42 Å². The summed E-state index contributed by atoms with van der Waals surface area (Å²) >= 11 is 6.36. The van der Waals surface area contributed by atoms with Gasteiger partial charge >= 0.3 is 0 Å². The molecule has 2 aromatic carbocycles. The number of halogens is 2. The first-order chi connectivity index (χ1) is 15.1. The zero-order valence-corrected chi connectivity index (χ0v) is 22.1. The molecule has 1 aliphatic rings. The first kappa shape index (κ1) is 26.2. The van der Waals surface area contributed by atoms with Gasteiger partial charge in [0, 0.05) is 45.3 Å². The molecule has 0 radical (unpaired) electrons. The summed E-state index contributed by atoms with van der Waals surface area (Å²) in [4.78, 5) is 9.07. The highest BCUT2D eigenvalue weighted by atomic mass is 127. The van der Waals surface area contributed by atoms with Crippen LogP contribution >= 0.6 is 35.6 Å². The summed E-state index contributed by atoms with van der Waals surface area (Å²) in [6.07, 6.45) is 0.766. The highest BCUT2D eigenvalue weighted by Crippen LogP contribution is 2.39. The van der Waals surface area contributed by atoms with E-state index in [1.165, 1.54) is 0 Å². The van der Waals surface area contributed by atoms with E-state index in [1.54, 1.807) is 21.3 Å². The van der Waals surface area contributed by atoms with E-state index in [4.69, 9.17) is 25.8 Å². The smallest absolute Gasteiger partial charge is 0.203 e. The van der Waals surface area contributed by atoms with E-state index in [-0.39, 0.29) is 24.0 Å². The topological polar surface area (TPSA) is 58.6 Å². The van der Waals surface area contributed by atoms with Gasteiger partial charge in [-0.05, 0) is 24.6 Å². The number of aliphatic imine (C=N–C) groups is 1. The first-order valence-corrected chi connectivity index (χ1v) is 10.7. The number of nitrogens with zero attached hydrogens (tertiary/aromatic N) is 3. The summed E-state index contributed by atoms with van der Waals surface area (Å²) in [6.45, 7) is 4.28. The van der Waals surface area contributed by atoms with E-state index in [0.29, 0.717) is 17.2 Å². The lowest BCUT2D eigenvalue weighted by Crippen LogP contribution is -2.52. The van der Waals surface area contributed by atoms with Crippen molar-refractivity contribution in [3.05, 3.63) is 47.0 Å².